The molecular formula is C19H22N2O5S. The summed E-state index contributed by atoms with van der Waals surface area (Å²) in [6.45, 7) is 3.45. The summed E-state index contributed by atoms with van der Waals surface area (Å²) < 4.78 is 10.1. The number of rotatable bonds is 8. The number of esters is 2. The Bertz CT molecular complexity index is 831. The van der Waals surface area contributed by atoms with Crippen molar-refractivity contribution in [3.63, 3.8) is 0 Å². The zero-order chi connectivity index (χ0) is 19.8. The molecular weight excluding hydrogens is 368 g/mol. The van der Waals surface area contributed by atoms with E-state index in [4.69, 9.17) is 9.47 Å². The number of hydrogen-bond acceptors (Lipinski definition) is 7. The van der Waals surface area contributed by atoms with Gasteiger partial charge in [-0.25, -0.2) is 9.59 Å². The maximum Gasteiger partial charge on any atom is 0.341 e. The number of para-hydroxylation sites is 1. The highest BCUT2D eigenvalue weighted by atomic mass is 32.1. The van der Waals surface area contributed by atoms with Crippen molar-refractivity contribution in [2.45, 2.75) is 20.3 Å². The van der Waals surface area contributed by atoms with Crippen LogP contribution in [0.2, 0.25) is 0 Å². The van der Waals surface area contributed by atoms with Gasteiger partial charge in [-0.05, 0) is 31.5 Å². The van der Waals surface area contributed by atoms with E-state index in [1.54, 1.807) is 44.3 Å². The van der Waals surface area contributed by atoms with Crippen LogP contribution in [0.1, 0.15) is 39.4 Å². The Morgan fingerprint density at radius 2 is 1.74 bits per heavy atom. The first-order valence-corrected chi connectivity index (χ1v) is 9.35. The van der Waals surface area contributed by atoms with E-state index in [1.807, 2.05) is 6.92 Å². The molecule has 2 aromatic rings. The van der Waals surface area contributed by atoms with E-state index in [2.05, 4.69) is 10.6 Å². The summed E-state index contributed by atoms with van der Waals surface area (Å²) in [5.74, 6) is -1.63. The summed E-state index contributed by atoms with van der Waals surface area (Å²) in [4.78, 5) is 37.3. The SMILES string of the molecule is CCOC(=O)c1cc(CC)sc1NC(=O)COC(=O)c1ccccc1NC. The molecule has 27 heavy (non-hydrogen) atoms. The average Bonchev–Trinajstić information content (AvgIpc) is 3.09. The van der Waals surface area contributed by atoms with Crippen molar-refractivity contribution in [1.29, 1.82) is 0 Å². The van der Waals surface area contributed by atoms with Crippen LogP contribution in [0.3, 0.4) is 0 Å². The third-order valence-corrected chi connectivity index (χ3v) is 4.83. The molecule has 0 saturated heterocycles. The largest absolute Gasteiger partial charge is 0.462 e. The minimum absolute atomic E-state index is 0.242. The Labute approximate surface area is 161 Å². The van der Waals surface area contributed by atoms with Crippen LogP contribution in [0.5, 0.6) is 0 Å². The van der Waals surface area contributed by atoms with Crippen molar-refractivity contribution in [2.24, 2.45) is 0 Å². The number of ether oxygens (including phenoxy) is 2. The predicted molar refractivity (Wildman–Crippen MR) is 105 cm³/mol. The number of hydrogen-bond donors (Lipinski definition) is 2. The van der Waals surface area contributed by atoms with Gasteiger partial charge >= 0.3 is 11.9 Å². The van der Waals surface area contributed by atoms with E-state index in [0.717, 1.165) is 11.3 Å². The Morgan fingerprint density at radius 3 is 2.41 bits per heavy atom. The van der Waals surface area contributed by atoms with Crippen molar-refractivity contribution in [2.75, 3.05) is 30.9 Å². The second-order valence-electron chi connectivity index (χ2n) is 5.45. The Hall–Kier alpha value is -2.87. The molecule has 0 saturated carbocycles. The third-order valence-electron chi connectivity index (χ3n) is 3.63. The van der Waals surface area contributed by atoms with Gasteiger partial charge in [0.05, 0.1) is 17.7 Å². The number of carbonyl (C=O) groups is 3. The van der Waals surface area contributed by atoms with E-state index in [0.29, 0.717) is 21.8 Å². The molecule has 144 valence electrons. The standard InChI is InChI=1S/C19H22N2O5S/c1-4-12-10-14(19(24)25-5-2)17(27-12)21-16(22)11-26-18(23)13-8-6-7-9-15(13)20-3/h6-10,20H,4-5,11H2,1-3H3,(H,21,22). The number of nitrogens with one attached hydrogen (secondary N) is 2. The van der Waals surface area contributed by atoms with Crippen molar-refractivity contribution < 1.29 is 23.9 Å². The number of anilines is 2. The van der Waals surface area contributed by atoms with Crippen molar-refractivity contribution in [3.05, 3.63) is 46.3 Å². The molecule has 2 N–H and O–H groups in total. The molecule has 7 nitrogen and oxygen atoms in total. The zero-order valence-corrected chi connectivity index (χ0v) is 16.3. The first kappa shape index (κ1) is 20.4. The van der Waals surface area contributed by atoms with Crippen LogP contribution in [0.4, 0.5) is 10.7 Å². The average molecular weight is 390 g/mol. The summed E-state index contributed by atoms with van der Waals surface area (Å²) in [5, 5.41) is 5.91. The predicted octanol–water partition coefficient (Wildman–Crippen LogP) is 3.32. The summed E-state index contributed by atoms with van der Waals surface area (Å²) in [6, 6.07) is 8.54. The molecule has 1 aromatic carbocycles. The fourth-order valence-electron chi connectivity index (χ4n) is 2.32. The van der Waals surface area contributed by atoms with Crippen molar-refractivity contribution >= 4 is 39.9 Å². The molecule has 0 bridgehead atoms. The first-order chi connectivity index (χ1) is 13.0. The topological polar surface area (TPSA) is 93.7 Å². The van der Waals surface area contributed by atoms with Crippen LogP contribution in [-0.4, -0.2) is 38.1 Å². The number of aryl methyl sites for hydroxylation is 1. The van der Waals surface area contributed by atoms with E-state index in [1.165, 1.54) is 11.3 Å². The van der Waals surface area contributed by atoms with Gasteiger partial charge in [0, 0.05) is 17.6 Å². The van der Waals surface area contributed by atoms with Crippen LogP contribution in [0, 0.1) is 0 Å². The van der Waals surface area contributed by atoms with Gasteiger partial charge in [-0.3, -0.25) is 4.79 Å². The van der Waals surface area contributed by atoms with E-state index < -0.39 is 24.5 Å². The monoisotopic (exact) mass is 390 g/mol. The second-order valence-corrected chi connectivity index (χ2v) is 6.59. The van der Waals surface area contributed by atoms with Crippen molar-refractivity contribution in [3.8, 4) is 0 Å². The van der Waals surface area contributed by atoms with Crippen LogP contribution in [0.15, 0.2) is 30.3 Å². The number of amides is 1. The Morgan fingerprint density at radius 1 is 1.04 bits per heavy atom. The van der Waals surface area contributed by atoms with Gasteiger partial charge in [0.15, 0.2) is 6.61 Å². The summed E-state index contributed by atoms with van der Waals surface area (Å²) in [7, 11) is 1.69. The lowest BCUT2D eigenvalue weighted by Crippen LogP contribution is -2.22. The maximum atomic E-state index is 12.2. The molecule has 0 aliphatic rings. The lowest BCUT2D eigenvalue weighted by atomic mass is 10.2. The van der Waals surface area contributed by atoms with Crippen molar-refractivity contribution in [1.82, 2.24) is 0 Å². The van der Waals surface area contributed by atoms with E-state index >= 15 is 0 Å². The molecule has 1 heterocycles. The molecule has 1 amide bonds. The van der Waals surface area contributed by atoms with Gasteiger partial charge in [0.25, 0.3) is 5.91 Å². The highest BCUT2D eigenvalue weighted by Crippen LogP contribution is 2.29. The smallest absolute Gasteiger partial charge is 0.341 e. The van der Waals surface area contributed by atoms with Gasteiger partial charge in [0.1, 0.15) is 5.00 Å². The molecule has 0 fully saturated rings. The number of benzene rings is 1. The van der Waals surface area contributed by atoms with Crippen LogP contribution in [0.25, 0.3) is 0 Å². The quantitative estimate of drug-likeness (QED) is 0.672. The molecule has 0 aliphatic carbocycles. The van der Waals surface area contributed by atoms with Gasteiger partial charge in [-0.1, -0.05) is 19.1 Å². The normalized spacial score (nSPS) is 10.2. The van der Waals surface area contributed by atoms with Crippen LogP contribution in [-0.2, 0) is 20.7 Å². The lowest BCUT2D eigenvalue weighted by Gasteiger charge is -2.09. The lowest BCUT2D eigenvalue weighted by molar-refractivity contribution is -0.119. The van der Waals surface area contributed by atoms with Gasteiger partial charge < -0.3 is 20.1 Å². The number of carbonyl (C=O) groups excluding carboxylic acids is 3. The minimum atomic E-state index is -0.610. The van der Waals surface area contributed by atoms with E-state index in [9.17, 15) is 14.4 Å². The summed E-state index contributed by atoms with van der Waals surface area (Å²) >= 11 is 1.30. The molecule has 0 atom stereocenters. The van der Waals surface area contributed by atoms with Gasteiger partial charge in [0.2, 0.25) is 0 Å². The number of thiophene rings is 1. The summed E-state index contributed by atoms with van der Waals surface area (Å²) in [6.07, 6.45) is 0.725. The second kappa shape index (κ2) is 9.72. The third kappa shape index (κ3) is 5.30. The fraction of sp³-hybridized carbons (Fsp3) is 0.316. The molecule has 0 spiro atoms. The zero-order valence-electron chi connectivity index (χ0n) is 15.5. The van der Waals surface area contributed by atoms with E-state index in [-0.39, 0.29) is 6.61 Å². The molecule has 1 aromatic heterocycles. The van der Waals surface area contributed by atoms with Gasteiger partial charge in [-0.2, -0.15) is 0 Å². The summed E-state index contributed by atoms with van der Waals surface area (Å²) in [5.41, 5.74) is 1.25. The first-order valence-electron chi connectivity index (χ1n) is 8.53. The van der Waals surface area contributed by atoms with Crippen LogP contribution >= 0.6 is 11.3 Å². The maximum absolute atomic E-state index is 12.2. The minimum Gasteiger partial charge on any atom is -0.462 e. The highest BCUT2D eigenvalue weighted by Gasteiger charge is 2.20. The Kier molecular flexibility index (Phi) is 7.36. The molecule has 0 radical (unpaired) electrons. The highest BCUT2D eigenvalue weighted by molar-refractivity contribution is 7.16. The van der Waals surface area contributed by atoms with Crippen LogP contribution < -0.4 is 10.6 Å². The van der Waals surface area contributed by atoms with Gasteiger partial charge in [-0.15, -0.1) is 11.3 Å². The molecule has 0 aliphatic heterocycles. The fourth-order valence-corrected chi connectivity index (χ4v) is 3.32. The Balaban J connectivity index is 2.02. The molecule has 2 rings (SSSR count). The molecule has 0 unspecified atom stereocenters. The molecule has 8 heteroatoms.